The van der Waals surface area contributed by atoms with Crippen molar-refractivity contribution in [2.24, 2.45) is 5.73 Å². The molecular formula is C14H18ClNO2. The number of ether oxygens (including phenoxy) is 2. The molecule has 4 heteroatoms. The zero-order valence-corrected chi connectivity index (χ0v) is 11.1. The van der Waals surface area contributed by atoms with Crippen LogP contribution in [-0.2, 0) is 16.9 Å². The Balaban J connectivity index is 2.00. The minimum atomic E-state index is -0.286. The van der Waals surface area contributed by atoms with E-state index in [0.717, 1.165) is 34.7 Å². The maximum Gasteiger partial charge on any atom is 0.189 e. The highest BCUT2D eigenvalue weighted by Gasteiger charge is 2.32. The Morgan fingerprint density at radius 1 is 1.17 bits per heavy atom. The van der Waals surface area contributed by atoms with E-state index in [0.29, 0.717) is 13.4 Å². The Bertz CT molecular complexity index is 455. The molecule has 2 N–H and O–H groups in total. The number of rotatable bonds is 1. The van der Waals surface area contributed by atoms with Crippen molar-refractivity contribution in [1.82, 2.24) is 0 Å². The second-order valence-corrected chi connectivity index (χ2v) is 5.67. The smallest absolute Gasteiger partial charge is 0.189 e. The Hall–Kier alpha value is -0.770. The predicted molar refractivity (Wildman–Crippen MR) is 70.7 cm³/mol. The average Bonchev–Trinajstić information content (AvgIpc) is 2.38. The molecule has 0 spiro atoms. The van der Waals surface area contributed by atoms with Gasteiger partial charge in [-0.05, 0) is 30.5 Å². The lowest BCUT2D eigenvalue weighted by Crippen LogP contribution is -2.39. The van der Waals surface area contributed by atoms with Crippen molar-refractivity contribution in [2.45, 2.75) is 44.2 Å². The first kappa shape index (κ1) is 12.3. The molecule has 1 aliphatic carbocycles. The van der Waals surface area contributed by atoms with Gasteiger partial charge in [0.1, 0.15) is 5.75 Å². The first-order chi connectivity index (χ1) is 8.69. The normalized spacial score (nSPS) is 22.1. The molecule has 3 nitrogen and oxygen atoms in total. The van der Waals surface area contributed by atoms with Crippen LogP contribution in [0.3, 0.4) is 0 Å². The molecule has 2 aliphatic rings. The lowest BCUT2D eigenvalue weighted by Gasteiger charge is -2.35. The number of nitrogens with two attached hydrogens (primary N) is 1. The molecule has 1 saturated carbocycles. The van der Waals surface area contributed by atoms with Gasteiger partial charge >= 0.3 is 0 Å². The molecule has 3 rings (SSSR count). The largest absolute Gasteiger partial charge is 0.467 e. The molecule has 0 atom stereocenters. The summed E-state index contributed by atoms with van der Waals surface area (Å²) in [4.78, 5) is 0. The highest BCUT2D eigenvalue weighted by molar-refractivity contribution is 6.31. The second kappa shape index (κ2) is 4.72. The van der Waals surface area contributed by atoms with Gasteiger partial charge in [0.25, 0.3) is 0 Å². The summed E-state index contributed by atoms with van der Waals surface area (Å²) in [6.07, 6.45) is 5.62. The maximum absolute atomic E-state index is 6.54. The van der Waals surface area contributed by atoms with Crippen LogP contribution in [0, 0.1) is 0 Å². The molecule has 0 amide bonds. The fourth-order valence-electron chi connectivity index (χ4n) is 2.93. The summed E-state index contributed by atoms with van der Waals surface area (Å²) in [6.45, 7) is 0.874. The summed E-state index contributed by atoms with van der Waals surface area (Å²) >= 11 is 6.39. The van der Waals surface area contributed by atoms with Crippen molar-refractivity contribution in [3.05, 3.63) is 28.3 Å². The highest BCUT2D eigenvalue weighted by atomic mass is 35.5. The van der Waals surface area contributed by atoms with E-state index in [9.17, 15) is 0 Å². The number of fused-ring (bicyclic) bond motifs is 1. The molecule has 1 fully saturated rings. The van der Waals surface area contributed by atoms with Crippen molar-refractivity contribution in [2.75, 3.05) is 6.79 Å². The number of halogens is 1. The van der Waals surface area contributed by atoms with E-state index in [1.54, 1.807) is 0 Å². The maximum atomic E-state index is 6.54. The molecule has 18 heavy (non-hydrogen) atoms. The molecule has 1 aromatic carbocycles. The fourth-order valence-corrected chi connectivity index (χ4v) is 3.31. The van der Waals surface area contributed by atoms with Gasteiger partial charge in [0.15, 0.2) is 6.79 Å². The molecule has 0 radical (unpaired) electrons. The third-order valence-corrected chi connectivity index (χ3v) is 4.30. The van der Waals surface area contributed by atoms with Gasteiger partial charge in [-0.1, -0.05) is 30.9 Å². The van der Waals surface area contributed by atoms with Gasteiger partial charge in [0.05, 0.1) is 6.61 Å². The molecule has 0 aromatic heterocycles. The van der Waals surface area contributed by atoms with Gasteiger partial charge in [-0.3, -0.25) is 0 Å². The second-order valence-electron chi connectivity index (χ2n) is 5.27. The van der Waals surface area contributed by atoms with E-state index < -0.39 is 0 Å². The highest BCUT2D eigenvalue weighted by Crippen LogP contribution is 2.41. The minimum absolute atomic E-state index is 0.286. The van der Waals surface area contributed by atoms with Crippen LogP contribution in [0.2, 0.25) is 5.02 Å². The molecule has 1 aromatic rings. The van der Waals surface area contributed by atoms with Crippen LogP contribution in [0.15, 0.2) is 12.1 Å². The summed E-state index contributed by atoms with van der Waals surface area (Å²) in [6, 6.07) is 3.96. The van der Waals surface area contributed by atoms with Gasteiger partial charge in [-0.15, -0.1) is 0 Å². The summed E-state index contributed by atoms with van der Waals surface area (Å²) in [5, 5.41) is 0.743. The molecule has 0 saturated heterocycles. The van der Waals surface area contributed by atoms with E-state index >= 15 is 0 Å². The third kappa shape index (κ3) is 2.11. The summed E-state index contributed by atoms with van der Waals surface area (Å²) < 4.78 is 10.8. The topological polar surface area (TPSA) is 44.5 Å². The van der Waals surface area contributed by atoms with Crippen LogP contribution >= 0.6 is 11.6 Å². The van der Waals surface area contributed by atoms with Crippen LogP contribution in [0.25, 0.3) is 0 Å². The molecule has 1 heterocycles. The summed E-state index contributed by atoms with van der Waals surface area (Å²) in [7, 11) is 0. The van der Waals surface area contributed by atoms with E-state index in [1.807, 2.05) is 12.1 Å². The lowest BCUT2D eigenvalue weighted by molar-refractivity contribution is -0.0165. The third-order valence-electron chi connectivity index (χ3n) is 3.99. The van der Waals surface area contributed by atoms with E-state index in [-0.39, 0.29) is 5.54 Å². The van der Waals surface area contributed by atoms with Crippen molar-refractivity contribution in [3.8, 4) is 5.75 Å². The van der Waals surface area contributed by atoms with Gasteiger partial charge in [-0.2, -0.15) is 0 Å². The van der Waals surface area contributed by atoms with E-state index in [1.165, 1.54) is 19.3 Å². The summed E-state index contributed by atoms with van der Waals surface area (Å²) in [5.74, 6) is 0.871. The van der Waals surface area contributed by atoms with Gasteiger partial charge in [-0.25, -0.2) is 0 Å². The van der Waals surface area contributed by atoms with Crippen LogP contribution in [-0.4, -0.2) is 6.79 Å². The van der Waals surface area contributed by atoms with Gasteiger partial charge in [0.2, 0.25) is 0 Å². The van der Waals surface area contributed by atoms with Crippen LogP contribution < -0.4 is 10.5 Å². The fraction of sp³-hybridized carbons (Fsp3) is 0.571. The predicted octanol–water partition coefficient (Wildman–Crippen LogP) is 3.32. The van der Waals surface area contributed by atoms with Crippen molar-refractivity contribution >= 4 is 11.6 Å². The Morgan fingerprint density at radius 2 is 1.94 bits per heavy atom. The lowest BCUT2D eigenvalue weighted by atomic mass is 9.77. The van der Waals surface area contributed by atoms with E-state index in [2.05, 4.69) is 0 Å². The monoisotopic (exact) mass is 267 g/mol. The number of hydrogen-bond donors (Lipinski definition) is 1. The van der Waals surface area contributed by atoms with Crippen LogP contribution in [0.4, 0.5) is 0 Å². The minimum Gasteiger partial charge on any atom is -0.467 e. The van der Waals surface area contributed by atoms with E-state index in [4.69, 9.17) is 26.8 Å². The first-order valence-corrected chi connectivity index (χ1v) is 6.89. The molecule has 0 bridgehead atoms. The standard InChI is InChI=1S/C14H18ClNO2/c15-12-6-10-8-17-9-18-13(10)7-11(12)14(16)4-2-1-3-5-14/h6-7H,1-5,8-9,16H2. The zero-order chi connectivity index (χ0) is 12.6. The van der Waals surface area contributed by atoms with Crippen molar-refractivity contribution in [3.63, 3.8) is 0 Å². The number of benzene rings is 1. The quantitative estimate of drug-likeness (QED) is 0.849. The Kier molecular flexibility index (Phi) is 3.22. The van der Waals surface area contributed by atoms with Gasteiger partial charge in [0, 0.05) is 16.1 Å². The average molecular weight is 268 g/mol. The molecular weight excluding hydrogens is 250 g/mol. The molecule has 98 valence electrons. The van der Waals surface area contributed by atoms with Gasteiger partial charge < -0.3 is 15.2 Å². The SMILES string of the molecule is NC1(c2cc3c(cc2Cl)COCO3)CCCCC1. The van der Waals surface area contributed by atoms with Crippen molar-refractivity contribution < 1.29 is 9.47 Å². The Morgan fingerprint density at radius 3 is 2.72 bits per heavy atom. The zero-order valence-electron chi connectivity index (χ0n) is 10.4. The molecule has 1 aliphatic heterocycles. The summed E-state index contributed by atoms with van der Waals surface area (Å²) in [5.41, 5.74) is 8.30. The van der Waals surface area contributed by atoms with Crippen LogP contribution in [0.5, 0.6) is 5.75 Å². The van der Waals surface area contributed by atoms with Crippen LogP contribution in [0.1, 0.15) is 43.2 Å². The number of hydrogen-bond acceptors (Lipinski definition) is 3. The van der Waals surface area contributed by atoms with Crippen molar-refractivity contribution in [1.29, 1.82) is 0 Å². The molecule has 0 unspecified atom stereocenters. The Labute approximate surface area is 112 Å². The first-order valence-electron chi connectivity index (χ1n) is 6.51.